The lowest BCUT2D eigenvalue weighted by atomic mass is 9.82. The number of nitrogens with zero attached hydrogens (tertiary/aromatic N) is 4. The van der Waals surface area contributed by atoms with E-state index in [4.69, 9.17) is 4.52 Å². The van der Waals surface area contributed by atoms with Crippen LogP contribution >= 0.6 is 0 Å². The molecule has 4 rings (SSSR count). The van der Waals surface area contributed by atoms with Crippen molar-refractivity contribution in [3.63, 3.8) is 0 Å². The van der Waals surface area contributed by atoms with Gasteiger partial charge in [0, 0.05) is 17.2 Å². The lowest BCUT2D eigenvalue weighted by Gasteiger charge is -2.27. The summed E-state index contributed by atoms with van der Waals surface area (Å²) in [6, 6.07) is 10.2. The molecule has 0 unspecified atom stereocenters. The molecule has 2 heterocycles. The fourth-order valence-corrected chi connectivity index (χ4v) is 3.12. The Labute approximate surface area is 140 Å². The number of aliphatic hydroxyl groups is 1. The van der Waals surface area contributed by atoms with Crippen LogP contribution < -0.4 is 0 Å². The predicted molar refractivity (Wildman–Crippen MR) is 88.5 cm³/mol. The van der Waals surface area contributed by atoms with Gasteiger partial charge in [0.15, 0.2) is 0 Å². The van der Waals surface area contributed by atoms with E-state index in [0.717, 1.165) is 22.5 Å². The molecule has 0 radical (unpaired) electrons. The van der Waals surface area contributed by atoms with Crippen molar-refractivity contribution in [2.75, 3.05) is 0 Å². The maximum atomic E-state index is 9.41. The van der Waals surface area contributed by atoms with Gasteiger partial charge in [-0.25, -0.2) is 0 Å². The van der Waals surface area contributed by atoms with E-state index < -0.39 is 0 Å². The second-order valence-electron chi connectivity index (χ2n) is 6.56. The van der Waals surface area contributed by atoms with E-state index in [0.29, 0.717) is 31.1 Å². The topological polar surface area (TPSA) is 77.0 Å². The molecule has 0 bridgehead atoms. The zero-order valence-electron chi connectivity index (χ0n) is 13.8. The monoisotopic (exact) mass is 324 g/mol. The average molecular weight is 324 g/mol. The molecule has 1 N–H and O–H groups in total. The van der Waals surface area contributed by atoms with E-state index in [1.54, 1.807) is 0 Å². The third-order valence-electron chi connectivity index (χ3n) is 4.53. The van der Waals surface area contributed by atoms with Crippen molar-refractivity contribution in [1.82, 2.24) is 19.9 Å². The van der Waals surface area contributed by atoms with Gasteiger partial charge in [0.1, 0.15) is 0 Å². The zero-order chi connectivity index (χ0) is 16.7. The van der Waals surface area contributed by atoms with Crippen LogP contribution in [0.25, 0.3) is 11.4 Å². The summed E-state index contributed by atoms with van der Waals surface area (Å²) in [7, 11) is 0. The third kappa shape index (κ3) is 2.85. The van der Waals surface area contributed by atoms with Crippen LogP contribution in [0.2, 0.25) is 0 Å². The van der Waals surface area contributed by atoms with Gasteiger partial charge in [0.25, 0.3) is 0 Å². The Bertz CT molecular complexity index is 862. The number of aliphatic hydroxyl groups excluding tert-OH is 1. The van der Waals surface area contributed by atoms with Crippen LogP contribution in [-0.4, -0.2) is 31.1 Å². The Hall–Kier alpha value is -2.47. The number of rotatable bonds is 4. The first-order chi connectivity index (χ1) is 11.6. The number of benzene rings is 1. The maximum absolute atomic E-state index is 9.41. The highest BCUT2D eigenvalue weighted by Gasteiger charge is 2.33. The van der Waals surface area contributed by atoms with Crippen molar-refractivity contribution in [2.24, 2.45) is 0 Å². The predicted octanol–water partition coefficient (Wildman–Crippen LogP) is 2.84. The lowest BCUT2D eigenvalue weighted by Crippen LogP contribution is -2.26. The van der Waals surface area contributed by atoms with Crippen molar-refractivity contribution in [3.05, 3.63) is 53.2 Å². The Morgan fingerprint density at radius 3 is 2.79 bits per heavy atom. The summed E-state index contributed by atoms with van der Waals surface area (Å²) >= 11 is 0. The van der Waals surface area contributed by atoms with Gasteiger partial charge in [0.05, 0.1) is 18.3 Å². The van der Waals surface area contributed by atoms with Crippen LogP contribution in [-0.2, 0) is 6.54 Å². The zero-order valence-corrected chi connectivity index (χ0v) is 13.8. The molecular weight excluding hydrogens is 304 g/mol. The number of hydrogen-bond donors (Lipinski definition) is 1. The quantitative estimate of drug-likeness (QED) is 0.798. The van der Waals surface area contributed by atoms with E-state index in [-0.39, 0.29) is 12.0 Å². The van der Waals surface area contributed by atoms with E-state index in [1.807, 2.05) is 23.7 Å². The molecule has 0 spiro atoms. The largest absolute Gasteiger partial charge is 0.393 e. The summed E-state index contributed by atoms with van der Waals surface area (Å²) in [5, 5.41) is 18.0. The average Bonchev–Trinajstić information content (AvgIpc) is 3.12. The fourth-order valence-electron chi connectivity index (χ4n) is 3.12. The summed E-state index contributed by atoms with van der Waals surface area (Å²) in [5.74, 6) is 1.42. The van der Waals surface area contributed by atoms with Gasteiger partial charge >= 0.3 is 0 Å². The Morgan fingerprint density at radius 1 is 1.25 bits per heavy atom. The molecule has 0 saturated heterocycles. The van der Waals surface area contributed by atoms with Gasteiger partial charge in [-0.05, 0) is 44.4 Å². The standard InChI is InChI=1S/C18H20N4O2/c1-11-6-12(2)22(20-11)10-13-4-3-5-14(7-13)17-19-18(24-21-17)15-8-16(23)9-15/h3-7,15-16,23H,8-10H2,1-2H3. The molecule has 1 aliphatic carbocycles. The van der Waals surface area contributed by atoms with Crippen molar-refractivity contribution >= 4 is 0 Å². The van der Waals surface area contributed by atoms with Crippen LogP contribution in [0.1, 0.15) is 41.6 Å². The van der Waals surface area contributed by atoms with Gasteiger partial charge in [0.2, 0.25) is 11.7 Å². The molecule has 1 aromatic carbocycles. The highest BCUT2D eigenvalue weighted by molar-refractivity contribution is 5.55. The summed E-state index contributed by atoms with van der Waals surface area (Å²) < 4.78 is 7.35. The summed E-state index contributed by atoms with van der Waals surface area (Å²) in [6.45, 7) is 4.77. The molecule has 0 amide bonds. The molecule has 0 aliphatic heterocycles. The molecular formula is C18H20N4O2. The van der Waals surface area contributed by atoms with E-state index in [1.165, 1.54) is 0 Å². The normalized spacial score (nSPS) is 20.1. The van der Waals surface area contributed by atoms with Gasteiger partial charge in [-0.1, -0.05) is 23.4 Å². The Morgan fingerprint density at radius 2 is 2.08 bits per heavy atom. The number of aromatic nitrogens is 4. The summed E-state index contributed by atoms with van der Waals surface area (Å²) in [5.41, 5.74) is 4.24. The van der Waals surface area contributed by atoms with Gasteiger partial charge in [-0.2, -0.15) is 10.1 Å². The molecule has 6 heteroatoms. The molecule has 1 saturated carbocycles. The number of hydrogen-bond acceptors (Lipinski definition) is 5. The van der Waals surface area contributed by atoms with E-state index >= 15 is 0 Å². The van der Waals surface area contributed by atoms with Crippen LogP contribution in [0, 0.1) is 13.8 Å². The minimum atomic E-state index is -0.227. The van der Waals surface area contributed by atoms with Gasteiger partial charge in [-0.15, -0.1) is 0 Å². The first-order valence-electron chi connectivity index (χ1n) is 8.20. The van der Waals surface area contributed by atoms with Crippen LogP contribution in [0.5, 0.6) is 0 Å². The minimum absolute atomic E-state index is 0.194. The Balaban J connectivity index is 1.55. The molecule has 3 aromatic rings. The summed E-state index contributed by atoms with van der Waals surface area (Å²) in [4.78, 5) is 4.50. The lowest BCUT2D eigenvalue weighted by molar-refractivity contribution is 0.0625. The first-order valence-corrected chi connectivity index (χ1v) is 8.20. The first kappa shape index (κ1) is 15.1. The van der Waals surface area contributed by atoms with E-state index in [9.17, 15) is 5.11 Å². The van der Waals surface area contributed by atoms with Crippen molar-refractivity contribution < 1.29 is 9.63 Å². The fraction of sp³-hybridized carbons (Fsp3) is 0.389. The third-order valence-corrected chi connectivity index (χ3v) is 4.53. The highest BCUT2D eigenvalue weighted by atomic mass is 16.5. The van der Waals surface area contributed by atoms with Crippen molar-refractivity contribution in [2.45, 2.75) is 45.3 Å². The summed E-state index contributed by atoms with van der Waals surface area (Å²) in [6.07, 6.45) is 1.19. The SMILES string of the molecule is Cc1cc(C)n(Cc2cccc(-c3noc(C4CC(O)C4)n3)c2)n1. The Kier molecular flexibility index (Phi) is 3.69. The molecule has 24 heavy (non-hydrogen) atoms. The molecule has 6 nitrogen and oxygen atoms in total. The highest BCUT2D eigenvalue weighted by Crippen LogP contribution is 2.36. The van der Waals surface area contributed by atoms with Crippen molar-refractivity contribution in [3.8, 4) is 11.4 Å². The van der Waals surface area contributed by atoms with Crippen LogP contribution in [0.3, 0.4) is 0 Å². The maximum Gasteiger partial charge on any atom is 0.230 e. The molecule has 0 atom stereocenters. The second kappa shape index (κ2) is 5.87. The molecule has 124 valence electrons. The van der Waals surface area contributed by atoms with Crippen LogP contribution in [0.15, 0.2) is 34.9 Å². The molecule has 1 fully saturated rings. The molecule has 2 aromatic heterocycles. The van der Waals surface area contributed by atoms with Crippen molar-refractivity contribution in [1.29, 1.82) is 0 Å². The second-order valence-corrected chi connectivity index (χ2v) is 6.56. The number of aryl methyl sites for hydroxylation is 2. The smallest absolute Gasteiger partial charge is 0.230 e. The minimum Gasteiger partial charge on any atom is -0.393 e. The van der Waals surface area contributed by atoms with E-state index in [2.05, 4.69) is 40.4 Å². The van der Waals surface area contributed by atoms with Crippen LogP contribution in [0.4, 0.5) is 0 Å². The van der Waals surface area contributed by atoms with Gasteiger partial charge in [-0.3, -0.25) is 4.68 Å². The van der Waals surface area contributed by atoms with Gasteiger partial charge < -0.3 is 9.63 Å². The molecule has 1 aliphatic rings.